The van der Waals surface area contributed by atoms with Crippen molar-refractivity contribution < 1.29 is 39.9 Å². The molecule has 8 nitrogen and oxygen atoms in total. The lowest BCUT2D eigenvalue weighted by atomic mass is 9.96. The first-order chi connectivity index (χ1) is 11.0. The quantitative estimate of drug-likeness (QED) is 0.303. The standard InChI is InChI=1S/C14H15O8PS/c15-9-3-1-8(2-4-9)7-14(18,19)13-11(17)5-10(16)6-12(13)24-23(20,21)22/h1-6,15-19H,7H2,(H2,20,21,22). The summed E-state index contributed by atoms with van der Waals surface area (Å²) in [5.74, 6) is -3.92. The first-order valence-electron chi connectivity index (χ1n) is 6.52. The van der Waals surface area contributed by atoms with Gasteiger partial charge >= 0.3 is 6.80 Å². The highest BCUT2D eigenvalue weighted by atomic mass is 32.7. The lowest BCUT2D eigenvalue weighted by molar-refractivity contribution is -0.170. The molecule has 0 aliphatic rings. The minimum Gasteiger partial charge on any atom is -0.508 e. The van der Waals surface area contributed by atoms with Gasteiger partial charge in [0.25, 0.3) is 0 Å². The van der Waals surface area contributed by atoms with Gasteiger partial charge in [0.15, 0.2) is 5.79 Å². The summed E-state index contributed by atoms with van der Waals surface area (Å²) in [5, 5.41) is 49.3. The van der Waals surface area contributed by atoms with E-state index in [9.17, 15) is 30.1 Å². The number of phenols is 3. The normalized spacial score (nSPS) is 12.3. The number of hydrogen-bond acceptors (Lipinski definition) is 7. The van der Waals surface area contributed by atoms with Crippen molar-refractivity contribution in [2.45, 2.75) is 17.1 Å². The van der Waals surface area contributed by atoms with Crippen LogP contribution in [0.15, 0.2) is 41.3 Å². The maximum absolute atomic E-state index is 11.2. The Hall–Kier alpha value is -1.74. The average molecular weight is 374 g/mol. The Bertz CT molecular complexity index is 784. The van der Waals surface area contributed by atoms with Gasteiger partial charge < -0.3 is 35.3 Å². The maximum atomic E-state index is 11.2. The van der Waals surface area contributed by atoms with Crippen LogP contribution in [0.5, 0.6) is 17.2 Å². The van der Waals surface area contributed by atoms with E-state index in [0.29, 0.717) is 5.56 Å². The molecule has 0 fully saturated rings. The summed E-state index contributed by atoms with van der Waals surface area (Å²) in [5.41, 5.74) is -0.154. The van der Waals surface area contributed by atoms with Crippen LogP contribution in [0.25, 0.3) is 0 Å². The van der Waals surface area contributed by atoms with E-state index in [0.717, 1.165) is 12.1 Å². The molecule has 0 unspecified atom stereocenters. The van der Waals surface area contributed by atoms with Gasteiger partial charge in [-0.3, -0.25) is 0 Å². The zero-order valence-corrected chi connectivity index (χ0v) is 13.8. The van der Waals surface area contributed by atoms with Crippen molar-refractivity contribution in [2.75, 3.05) is 0 Å². The van der Waals surface area contributed by atoms with Crippen LogP contribution in [-0.4, -0.2) is 35.3 Å². The van der Waals surface area contributed by atoms with Gasteiger partial charge in [0.1, 0.15) is 17.2 Å². The fourth-order valence-corrected chi connectivity index (χ4v) is 4.17. The third-order valence-electron chi connectivity index (χ3n) is 3.07. The molecule has 7 N–H and O–H groups in total. The fourth-order valence-electron chi connectivity index (χ4n) is 2.18. The monoisotopic (exact) mass is 374 g/mol. The predicted octanol–water partition coefficient (Wildman–Crippen LogP) is 1.37. The smallest absolute Gasteiger partial charge is 0.388 e. The van der Waals surface area contributed by atoms with Crippen LogP contribution in [-0.2, 0) is 16.8 Å². The Morgan fingerprint density at radius 2 is 1.54 bits per heavy atom. The molecule has 0 aliphatic carbocycles. The number of hydrogen-bond donors (Lipinski definition) is 7. The van der Waals surface area contributed by atoms with Gasteiger partial charge in [-0.1, -0.05) is 12.1 Å². The Morgan fingerprint density at radius 1 is 0.958 bits per heavy atom. The highest BCUT2D eigenvalue weighted by molar-refractivity contribution is 8.54. The van der Waals surface area contributed by atoms with Crippen molar-refractivity contribution in [3.63, 3.8) is 0 Å². The second-order valence-corrected chi connectivity index (χ2v) is 8.66. The molecule has 0 aliphatic heterocycles. The van der Waals surface area contributed by atoms with E-state index in [4.69, 9.17) is 9.79 Å². The molecule has 0 saturated heterocycles. The molecule has 2 rings (SSSR count). The lowest BCUT2D eigenvalue weighted by Gasteiger charge is -2.26. The molecule has 0 bridgehead atoms. The number of rotatable bonds is 5. The van der Waals surface area contributed by atoms with Crippen LogP contribution >= 0.6 is 18.2 Å². The molecule has 0 spiro atoms. The first-order valence-corrected chi connectivity index (χ1v) is 9.55. The number of aromatic hydroxyl groups is 3. The number of phenolic OH excluding ortho intramolecular Hbond substituents is 3. The Morgan fingerprint density at radius 3 is 2.08 bits per heavy atom. The molecule has 0 heterocycles. The van der Waals surface area contributed by atoms with Crippen LogP contribution < -0.4 is 0 Å². The minimum atomic E-state index is -4.67. The highest BCUT2D eigenvalue weighted by Crippen LogP contribution is 2.57. The molecule has 2 aromatic carbocycles. The van der Waals surface area contributed by atoms with Crippen LogP contribution in [0, 0.1) is 0 Å². The third kappa shape index (κ3) is 4.64. The van der Waals surface area contributed by atoms with Crippen LogP contribution in [0.4, 0.5) is 0 Å². The molecule has 24 heavy (non-hydrogen) atoms. The van der Waals surface area contributed by atoms with Gasteiger partial charge in [-0.15, -0.1) is 0 Å². The van der Waals surface area contributed by atoms with E-state index in [2.05, 4.69) is 0 Å². The largest absolute Gasteiger partial charge is 0.508 e. The Kier molecular flexibility index (Phi) is 5.14. The molecule has 0 atom stereocenters. The molecular formula is C14H15O8PS. The van der Waals surface area contributed by atoms with Crippen molar-refractivity contribution in [3.8, 4) is 17.2 Å². The molecule has 0 aromatic heterocycles. The maximum Gasteiger partial charge on any atom is 0.388 e. The average Bonchev–Trinajstić information content (AvgIpc) is 2.37. The van der Waals surface area contributed by atoms with E-state index in [1.807, 2.05) is 0 Å². The van der Waals surface area contributed by atoms with Gasteiger partial charge in [0.05, 0.1) is 5.56 Å². The van der Waals surface area contributed by atoms with Crippen LogP contribution in [0.1, 0.15) is 11.1 Å². The van der Waals surface area contributed by atoms with Gasteiger partial charge in [-0.05, 0) is 35.1 Å². The van der Waals surface area contributed by atoms with Crippen molar-refractivity contribution in [1.82, 2.24) is 0 Å². The van der Waals surface area contributed by atoms with Gasteiger partial charge in [0, 0.05) is 17.4 Å². The van der Waals surface area contributed by atoms with Crippen molar-refractivity contribution >= 4 is 18.2 Å². The molecular weight excluding hydrogens is 359 g/mol. The molecule has 130 valence electrons. The lowest BCUT2D eigenvalue weighted by Crippen LogP contribution is -2.28. The Labute approximate surface area is 140 Å². The zero-order valence-electron chi connectivity index (χ0n) is 12.1. The van der Waals surface area contributed by atoms with E-state index in [-0.39, 0.29) is 22.0 Å². The summed E-state index contributed by atoms with van der Waals surface area (Å²) in [7, 11) is 0. The van der Waals surface area contributed by atoms with Gasteiger partial charge in [-0.2, -0.15) is 0 Å². The van der Waals surface area contributed by atoms with E-state index >= 15 is 0 Å². The van der Waals surface area contributed by atoms with Crippen molar-refractivity contribution in [3.05, 3.63) is 47.5 Å². The van der Waals surface area contributed by atoms with Gasteiger partial charge in [-0.25, -0.2) is 4.57 Å². The summed E-state index contributed by atoms with van der Waals surface area (Å²) in [6.45, 7) is -4.67. The van der Waals surface area contributed by atoms with Crippen LogP contribution in [0.2, 0.25) is 0 Å². The second kappa shape index (κ2) is 6.64. The topological polar surface area (TPSA) is 159 Å². The van der Waals surface area contributed by atoms with Crippen molar-refractivity contribution in [1.29, 1.82) is 0 Å². The summed E-state index contributed by atoms with van der Waals surface area (Å²) in [4.78, 5) is 17.8. The van der Waals surface area contributed by atoms with E-state index in [1.165, 1.54) is 24.3 Å². The summed E-state index contributed by atoms with van der Waals surface area (Å²) >= 11 is -0.0178. The second-order valence-electron chi connectivity index (χ2n) is 5.08. The summed E-state index contributed by atoms with van der Waals surface area (Å²) < 4.78 is 11.2. The van der Waals surface area contributed by atoms with E-state index < -0.39 is 36.1 Å². The van der Waals surface area contributed by atoms with Gasteiger partial charge in [0.2, 0.25) is 0 Å². The summed E-state index contributed by atoms with van der Waals surface area (Å²) in [6, 6.07) is 7.24. The third-order valence-corrected chi connectivity index (χ3v) is 5.13. The molecule has 2 aromatic rings. The van der Waals surface area contributed by atoms with Crippen LogP contribution in [0.3, 0.4) is 0 Å². The molecule has 10 heteroatoms. The zero-order chi connectivity index (χ0) is 18.1. The minimum absolute atomic E-state index is 0.0178. The summed E-state index contributed by atoms with van der Waals surface area (Å²) in [6.07, 6.45) is -0.430. The van der Waals surface area contributed by atoms with Crippen molar-refractivity contribution in [2.24, 2.45) is 0 Å². The number of benzene rings is 2. The molecule has 0 amide bonds. The number of aliphatic hydroxyl groups is 2. The first kappa shape index (κ1) is 18.6. The van der Waals surface area contributed by atoms with E-state index in [1.54, 1.807) is 0 Å². The molecule has 0 radical (unpaired) electrons. The predicted molar refractivity (Wildman–Crippen MR) is 85.6 cm³/mol. The fraction of sp³-hybridized carbons (Fsp3) is 0.143. The molecule has 0 saturated carbocycles. The SMILES string of the molecule is O=P(O)(O)Sc1cc(O)cc(O)c1C(O)(O)Cc1ccc(O)cc1. The Balaban J connectivity index is 2.48. The highest BCUT2D eigenvalue weighted by Gasteiger charge is 2.35.